The molecule has 0 radical (unpaired) electrons. The van der Waals surface area contributed by atoms with Gasteiger partial charge in [-0.25, -0.2) is 0 Å². The van der Waals surface area contributed by atoms with E-state index in [0.29, 0.717) is 38.9 Å². The SMILES string of the molecule is CC1CC2(C)C1C1C3C4C#CC5C6C(C)C(C)(C)C6(C)C5(C)C(C)(C)C(C)(C)C(C)(C)C4(C)C3(C)C12C. The van der Waals surface area contributed by atoms with Gasteiger partial charge in [0.15, 0.2) is 0 Å². The summed E-state index contributed by atoms with van der Waals surface area (Å²) in [4.78, 5) is 0. The summed E-state index contributed by atoms with van der Waals surface area (Å²) in [5, 5.41) is 0. The van der Waals surface area contributed by atoms with E-state index < -0.39 is 0 Å². The third kappa shape index (κ3) is 1.63. The first kappa shape index (κ1) is 25.5. The van der Waals surface area contributed by atoms with Gasteiger partial charge >= 0.3 is 0 Å². The third-order valence-corrected chi connectivity index (χ3v) is 20.4. The minimum Gasteiger partial charge on any atom is -0.0986 e. The second kappa shape index (κ2) is 5.67. The first-order chi connectivity index (χ1) is 16.5. The quantitative estimate of drug-likeness (QED) is 0.228. The van der Waals surface area contributed by atoms with Crippen LogP contribution < -0.4 is 0 Å². The molecule has 0 bridgehead atoms. The van der Waals surface area contributed by atoms with Crippen molar-refractivity contribution >= 4 is 0 Å². The Morgan fingerprint density at radius 3 is 1.41 bits per heavy atom. The van der Waals surface area contributed by atoms with Crippen molar-refractivity contribution in [3.05, 3.63) is 0 Å². The van der Waals surface area contributed by atoms with Crippen LogP contribution in [0.15, 0.2) is 0 Å². The van der Waals surface area contributed by atoms with Crippen LogP contribution >= 0.6 is 0 Å². The molecule has 0 heteroatoms. The van der Waals surface area contributed by atoms with Crippen LogP contribution in [0, 0.1) is 113 Å². The molecule has 0 spiro atoms. The van der Waals surface area contributed by atoms with Crippen molar-refractivity contribution in [2.45, 2.75) is 117 Å². The van der Waals surface area contributed by atoms with Crippen LogP contribution in [0.3, 0.4) is 0 Å². The molecule has 6 saturated carbocycles. The molecular formula is C37H58. The lowest BCUT2D eigenvalue weighted by molar-refractivity contribution is -0.524. The minimum absolute atomic E-state index is 0.156. The van der Waals surface area contributed by atoms with Crippen molar-refractivity contribution < 1.29 is 0 Å². The molecule has 0 N–H and O–H groups in total. The Labute approximate surface area is 230 Å². The molecule has 0 amide bonds. The van der Waals surface area contributed by atoms with Crippen molar-refractivity contribution in [2.75, 3.05) is 0 Å². The van der Waals surface area contributed by atoms with E-state index in [4.69, 9.17) is 0 Å². The van der Waals surface area contributed by atoms with Gasteiger partial charge in [0.25, 0.3) is 0 Å². The summed E-state index contributed by atoms with van der Waals surface area (Å²) in [5.74, 6) is 14.6. The van der Waals surface area contributed by atoms with Crippen LogP contribution in [0.5, 0.6) is 0 Å². The lowest BCUT2D eigenvalue weighted by atomic mass is 9.04. The molecule has 0 saturated heterocycles. The molecular weight excluding hydrogens is 444 g/mol. The Hall–Kier alpha value is -0.440. The van der Waals surface area contributed by atoms with Gasteiger partial charge in [-0.3, -0.25) is 0 Å². The van der Waals surface area contributed by atoms with Crippen LogP contribution in [0.1, 0.15) is 117 Å². The maximum Gasteiger partial charge on any atom is 0.0304 e. The zero-order chi connectivity index (χ0) is 27.7. The monoisotopic (exact) mass is 502 g/mol. The van der Waals surface area contributed by atoms with Gasteiger partial charge < -0.3 is 0 Å². The van der Waals surface area contributed by atoms with E-state index in [9.17, 15) is 0 Å². The van der Waals surface area contributed by atoms with Gasteiger partial charge in [-0.05, 0) is 96.1 Å². The summed E-state index contributed by atoms with van der Waals surface area (Å²) < 4.78 is 0. The molecule has 0 aromatic carbocycles. The third-order valence-electron chi connectivity index (χ3n) is 20.4. The van der Waals surface area contributed by atoms with E-state index in [1.807, 2.05) is 0 Å². The van der Waals surface area contributed by atoms with E-state index in [1.54, 1.807) is 0 Å². The Kier molecular flexibility index (Phi) is 3.91. The van der Waals surface area contributed by atoms with E-state index in [0.717, 1.165) is 35.5 Å². The highest BCUT2D eigenvalue weighted by Crippen LogP contribution is 3.01. The van der Waals surface area contributed by atoms with Gasteiger partial charge in [-0.15, -0.1) is 0 Å². The van der Waals surface area contributed by atoms with Crippen LogP contribution in [0.2, 0.25) is 0 Å². The highest BCUT2D eigenvalue weighted by atomic mass is 15.0. The van der Waals surface area contributed by atoms with E-state index in [1.165, 1.54) is 6.42 Å². The molecule has 0 aromatic rings. The average Bonchev–Trinajstić information content (AvgIpc) is 2.80. The summed E-state index contributed by atoms with van der Waals surface area (Å²) in [7, 11) is 0. The summed E-state index contributed by atoms with van der Waals surface area (Å²) in [6, 6.07) is 0. The zero-order valence-corrected chi connectivity index (χ0v) is 27.3. The van der Waals surface area contributed by atoms with Crippen LogP contribution in [0.4, 0.5) is 0 Å². The summed E-state index contributed by atoms with van der Waals surface area (Å²) in [6.45, 7) is 42.6. The summed E-state index contributed by atoms with van der Waals surface area (Å²) in [5.41, 5.74) is 3.02. The molecule has 206 valence electrons. The Morgan fingerprint density at radius 1 is 0.459 bits per heavy atom. The number of hydrogen-bond acceptors (Lipinski definition) is 0. The average molecular weight is 503 g/mol. The van der Waals surface area contributed by atoms with Crippen LogP contribution in [-0.2, 0) is 0 Å². The Bertz CT molecular complexity index is 1200. The van der Waals surface area contributed by atoms with Crippen LogP contribution in [-0.4, -0.2) is 0 Å². The second-order valence-corrected chi connectivity index (χ2v) is 19.3. The number of rotatable bonds is 0. The maximum absolute atomic E-state index is 4.23. The highest BCUT2D eigenvalue weighted by Gasteiger charge is 2.97. The van der Waals surface area contributed by atoms with Crippen molar-refractivity contribution in [3.8, 4) is 11.8 Å². The fraction of sp³-hybridized carbons (Fsp3) is 0.946. The second-order valence-electron chi connectivity index (χ2n) is 19.3. The molecule has 0 aliphatic heterocycles. The smallest absolute Gasteiger partial charge is 0.0304 e. The normalized spacial score (nSPS) is 67.2. The van der Waals surface area contributed by atoms with Crippen molar-refractivity contribution in [2.24, 2.45) is 101 Å². The summed E-state index contributed by atoms with van der Waals surface area (Å²) in [6.07, 6.45) is 1.45. The van der Waals surface area contributed by atoms with Crippen molar-refractivity contribution in [1.29, 1.82) is 0 Å². The number of hydrogen-bond donors (Lipinski definition) is 0. The lowest BCUT2D eigenvalue weighted by Gasteiger charge is -2.99. The Morgan fingerprint density at radius 2 is 0.919 bits per heavy atom. The molecule has 7 aliphatic carbocycles. The van der Waals surface area contributed by atoms with Gasteiger partial charge in [0.1, 0.15) is 0 Å². The maximum atomic E-state index is 4.23. The highest BCUT2D eigenvalue weighted by molar-refractivity contribution is 5.48. The van der Waals surface area contributed by atoms with Crippen molar-refractivity contribution in [3.63, 3.8) is 0 Å². The van der Waals surface area contributed by atoms with Gasteiger partial charge in [-0.2, -0.15) is 0 Å². The molecule has 6 fully saturated rings. The fourth-order valence-electron chi connectivity index (χ4n) is 16.3. The van der Waals surface area contributed by atoms with Gasteiger partial charge in [-0.1, -0.05) is 123 Å². The predicted octanol–water partition coefficient (Wildman–Crippen LogP) is 9.59. The van der Waals surface area contributed by atoms with Gasteiger partial charge in [0, 0.05) is 11.8 Å². The number of fused-ring (bicyclic) bond motifs is 14. The Balaban J connectivity index is 1.45. The standard InChI is InChI=1S/C37H58/c1-20-19-32(11)24(20)27-26-23-18-17-22-25-21(2)28(3,4)35(25,14)33(22,12)30(7,8)29(5,6)31(9,10)34(23,13)37(26,16)36(27,32)15/h20-27H,19H2,1-16H3. The molecule has 37 heavy (non-hydrogen) atoms. The molecule has 0 nitrogen and oxygen atoms in total. The van der Waals surface area contributed by atoms with E-state index in [-0.39, 0.29) is 27.1 Å². The first-order valence-electron chi connectivity index (χ1n) is 16.0. The largest absolute Gasteiger partial charge is 0.0986 e. The van der Waals surface area contributed by atoms with Crippen LogP contribution in [0.25, 0.3) is 0 Å². The first-order valence-corrected chi connectivity index (χ1v) is 16.0. The molecule has 0 heterocycles. The van der Waals surface area contributed by atoms with E-state index >= 15 is 0 Å². The molecule has 14 atom stereocenters. The van der Waals surface area contributed by atoms with Gasteiger partial charge in [0.2, 0.25) is 0 Å². The predicted molar refractivity (Wildman–Crippen MR) is 155 cm³/mol. The lowest BCUT2D eigenvalue weighted by Crippen LogP contribution is -2.96. The zero-order valence-electron chi connectivity index (χ0n) is 27.3. The molecule has 7 rings (SSSR count). The molecule has 14 unspecified atom stereocenters. The molecule has 7 aliphatic rings. The van der Waals surface area contributed by atoms with Gasteiger partial charge in [0.05, 0.1) is 0 Å². The summed E-state index contributed by atoms with van der Waals surface area (Å²) >= 11 is 0. The minimum atomic E-state index is 0.156. The van der Waals surface area contributed by atoms with Crippen molar-refractivity contribution in [1.82, 2.24) is 0 Å². The van der Waals surface area contributed by atoms with E-state index in [2.05, 4.69) is 123 Å². The fourth-order valence-corrected chi connectivity index (χ4v) is 16.3. The topological polar surface area (TPSA) is 0 Å². The molecule has 0 aromatic heterocycles.